The van der Waals surface area contributed by atoms with Gasteiger partial charge >= 0.3 is 0 Å². The van der Waals surface area contributed by atoms with Crippen LogP contribution in [0.25, 0.3) is 0 Å². The van der Waals surface area contributed by atoms with Gasteiger partial charge in [0, 0.05) is 57.2 Å². The highest BCUT2D eigenvalue weighted by Crippen LogP contribution is 2.14. The smallest absolute Gasteiger partial charge is 0.231 e. The van der Waals surface area contributed by atoms with E-state index in [-0.39, 0.29) is 0 Å². The fourth-order valence-corrected chi connectivity index (χ4v) is 3.26. The van der Waals surface area contributed by atoms with Gasteiger partial charge in [-0.25, -0.2) is 0 Å². The molecule has 0 aliphatic rings. The number of aromatic nitrogens is 4. The third-order valence-electron chi connectivity index (χ3n) is 4.82. The van der Waals surface area contributed by atoms with E-state index in [1.165, 1.54) is 0 Å². The molecule has 0 saturated heterocycles. The molecule has 0 fully saturated rings. The fraction of sp³-hybridized carbons (Fsp3) is 0.619. The molecule has 0 amide bonds. The molecule has 8 heteroatoms. The van der Waals surface area contributed by atoms with Gasteiger partial charge in [-0.1, -0.05) is 6.07 Å². The monoisotopic (exact) mass is 400 g/mol. The standard InChI is InChI=1S/C21H36N8/c1-7-28(8-2)21-26-19(23-12-13-29(16(3)4)17(5)6)25-20(27-21)24-15-18-10-9-11-22-14-18/h9-11,14,16-17H,7-8,12-13,15H2,1-6H3,(H2,23,24,25,26,27). The van der Waals surface area contributed by atoms with Crippen molar-refractivity contribution in [1.29, 1.82) is 0 Å². The molecule has 0 unspecified atom stereocenters. The van der Waals surface area contributed by atoms with Gasteiger partial charge < -0.3 is 15.5 Å². The van der Waals surface area contributed by atoms with Crippen LogP contribution in [0.15, 0.2) is 24.5 Å². The summed E-state index contributed by atoms with van der Waals surface area (Å²) >= 11 is 0. The first-order chi connectivity index (χ1) is 13.9. The molecule has 0 aliphatic carbocycles. The van der Waals surface area contributed by atoms with Gasteiger partial charge in [0.25, 0.3) is 0 Å². The normalized spacial score (nSPS) is 11.3. The first-order valence-corrected chi connectivity index (χ1v) is 10.6. The average molecular weight is 401 g/mol. The summed E-state index contributed by atoms with van der Waals surface area (Å²) in [4.78, 5) is 22.5. The molecule has 0 bridgehead atoms. The van der Waals surface area contributed by atoms with Gasteiger partial charge in [-0.3, -0.25) is 9.88 Å². The van der Waals surface area contributed by atoms with Gasteiger partial charge in [-0.15, -0.1) is 0 Å². The van der Waals surface area contributed by atoms with Crippen molar-refractivity contribution < 1.29 is 0 Å². The number of nitrogens with one attached hydrogen (secondary N) is 2. The lowest BCUT2D eigenvalue weighted by atomic mass is 10.2. The van der Waals surface area contributed by atoms with E-state index < -0.39 is 0 Å². The van der Waals surface area contributed by atoms with Gasteiger partial charge in [0.15, 0.2) is 0 Å². The lowest BCUT2D eigenvalue weighted by Gasteiger charge is -2.30. The zero-order valence-electron chi connectivity index (χ0n) is 18.7. The van der Waals surface area contributed by atoms with Crippen molar-refractivity contribution in [1.82, 2.24) is 24.8 Å². The predicted octanol–water partition coefficient (Wildman–Crippen LogP) is 3.26. The maximum atomic E-state index is 4.64. The van der Waals surface area contributed by atoms with Crippen LogP contribution >= 0.6 is 0 Å². The van der Waals surface area contributed by atoms with Crippen LogP contribution in [0.1, 0.15) is 47.1 Å². The van der Waals surface area contributed by atoms with Crippen LogP contribution in [0.4, 0.5) is 17.8 Å². The van der Waals surface area contributed by atoms with E-state index in [4.69, 9.17) is 0 Å². The molecule has 8 nitrogen and oxygen atoms in total. The molecule has 2 aromatic heterocycles. The van der Waals surface area contributed by atoms with E-state index in [9.17, 15) is 0 Å². The molecule has 2 N–H and O–H groups in total. The van der Waals surface area contributed by atoms with Gasteiger partial charge in [-0.05, 0) is 53.2 Å². The first kappa shape index (κ1) is 22.8. The van der Waals surface area contributed by atoms with Gasteiger partial charge in [-0.2, -0.15) is 15.0 Å². The van der Waals surface area contributed by atoms with Crippen LogP contribution in [0.3, 0.4) is 0 Å². The lowest BCUT2D eigenvalue weighted by molar-refractivity contribution is 0.182. The van der Waals surface area contributed by atoms with Crippen molar-refractivity contribution in [2.24, 2.45) is 0 Å². The van der Waals surface area contributed by atoms with E-state index in [1.807, 2.05) is 18.3 Å². The quantitative estimate of drug-likeness (QED) is 0.562. The Labute approximate surface area is 175 Å². The number of pyridine rings is 1. The second-order valence-corrected chi connectivity index (χ2v) is 7.52. The number of rotatable bonds is 12. The molecule has 2 rings (SSSR count). The van der Waals surface area contributed by atoms with Crippen molar-refractivity contribution in [3.05, 3.63) is 30.1 Å². The van der Waals surface area contributed by atoms with Crippen LogP contribution in [0.5, 0.6) is 0 Å². The van der Waals surface area contributed by atoms with E-state index in [1.54, 1.807) is 6.20 Å². The fourth-order valence-electron chi connectivity index (χ4n) is 3.26. The molecular formula is C21H36N8. The molecule has 29 heavy (non-hydrogen) atoms. The first-order valence-electron chi connectivity index (χ1n) is 10.6. The minimum Gasteiger partial charge on any atom is -0.353 e. The molecule has 0 saturated carbocycles. The molecule has 0 atom stereocenters. The Morgan fingerprint density at radius 2 is 1.59 bits per heavy atom. The Balaban J connectivity index is 2.11. The third kappa shape index (κ3) is 7.12. The minimum absolute atomic E-state index is 0.498. The molecule has 2 aromatic rings. The Hall–Kier alpha value is -2.48. The van der Waals surface area contributed by atoms with Crippen molar-refractivity contribution in [3.8, 4) is 0 Å². The van der Waals surface area contributed by atoms with Crippen LogP contribution in [0.2, 0.25) is 0 Å². The van der Waals surface area contributed by atoms with Gasteiger partial charge in [0.1, 0.15) is 0 Å². The summed E-state index contributed by atoms with van der Waals surface area (Å²) in [6, 6.07) is 4.95. The summed E-state index contributed by atoms with van der Waals surface area (Å²) in [5.74, 6) is 1.85. The largest absolute Gasteiger partial charge is 0.353 e. The molecule has 0 aromatic carbocycles. The number of hydrogen-bond acceptors (Lipinski definition) is 8. The molecule has 0 radical (unpaired) electrons. The summed E-state index contributed by atoms with van der Waals surface area (Å²) in [5, 5.41) is 6.69. The summed E-state index contributed by atoms with van der Waals surface area (Å²) in [6.07, 6.45) is 3.61. The highest BCUT2D eigenvalue weighted by Gasteiger charge is 2.14. The van der Waals surface area contributed by atoms with Crippen molar-refractivity contribution in [2.45, 2.75) is 60.2 Å². The van der Waals surface area contributed by atoms with E-state index in [2.05, 4.69) is 81.9 Å². The third-order valence-corrected chi connectivity index (χ3v) is 4.82. The van der Waals surface area contributed by atoms with E-state index in [0.717, 1.165) is 31.7 Å². The average Bonchev–Trinajstić information content (AvgIpc) is 2.71. The van der Waals surface area contributed by atoms with E-state index in [0.29, 0.717) is 36.5 Å². The number of nitrogens with zero attached hydrogens (tertiary/aromatic N) is 6. The molecule has 160 valence electrons. The lowest BCUT2D eigenvalue weighted by Crippen LogP contribution is -2.40. The summed E-state index contributed by atoms with van der Waals surface area (Å²) < 4.78 is 0. The van der Waals surface area contributed by atoms with E-state index >= 15 is 0 Å². The Morgan fingerprint density at radius 1 is 0.931 bits per heavy atom. The van der Waals surface area contributed by atoms with Crippen molar-refractivity contribution in [2.75, 3.05) is 41.7 Å². The van der Waals surface area contributed by atoms with Crippen molar-refractivity contribution in [3.63, 3.8) is 0 Å². The molecular weight excluding hydrogens is 364 g/mol. The number of anilines is 3. The molecule has 2 heterocycles. The van der Waals surface area contributed by atoms with Gasteiger partial charge in [0.2, 0.25) is 17.8 Å². The second-order valence-electron chi connectivity index (χ2n) is 7.52. The highest BCUT2D eigenvalue weighted by molar-refractivity contribution is 5.44. The SMILES string of the molecule is CCN(CC)c1nc(NCCN(C(C)C)C(C)C)nc(NCc2cccnc2)n1. The zero-order valence-corrected chi connectivity index (χ0v) is 18.7. The summed E-state index contributed by atoms with van der Waals surface area (Å²) in [7, 11) is 0. The van der Waals surface area contributed by atoms with Crippen molar-refractivity contribution >= 4 is 17.8 Å². The Morgan fingerprint density at radius 3 is 2.14 bits per heavy atom. The predicted molar refractivity (Wildman–Crippen MR) is 120 cm³/mol. The second kappa shape index (κ2) is 11.5. The summed E-state index contributed by atoms with van der Waals surface area (Å²) in [5.41, 5.74) is 1.08. The minimum atomic E-state index is 0.498. The van der Waals surface area contributed by atoms with Crippen LogP contribution in [-0.4, -0.2) is 63.1 Å². The molecule has 0 aliphatic heterocycles. The maximum Gasteiger partial charge on any atom is 0.231 e. The van der Waals surface area contributed by atoms with Crippen LogP contribution in [-0.2, 0) is 6.54 Å². The highest BCUT2D eigenvalue weighted by atomic mass is 15.3. The maximum absolute atomic E-state index is 4.64. The van der Waals surface area contributed by atoms with Gasteiger partial charge in [0.05, 0.1) is 0 Å². The summed E-state index contributed by atoms with van der Waals surface area (Å²) in [6.45, 7) is 17.1. The topological polar surface area (TPSA) is 82.1 Å². The molecule has 0 spiro atoms. The van der Waals surface area contributed by atoms with Crippen LogP contribution < -0.4 is 15.5 Å². The zero-order chi connectivity index (χ0) is 21.2. The van der Waals surface area contributed by atoms with Crippen LogP contribution in [0, 0.1) is 0 Å². The Kier molecular flexibility index (Phi) is 9.05. The Bertz CT molecular complexity index is 708. The number of hydrogen-bond donors (Lipinski definition) is 2.